The molecular weight excluding hydrogens is 284 g/mol. The highest BCUT2D eigenvalue weighted by molar-refractivity contribution is 5.92. The number of aryl methyl sites for hydroxylation is 1. The van der Waals surface area contributed by atoms with E-state index in [0.717, 1.165) is 5.75 Å². The average Bonchev–Trinajstić information content (AvgIpc) is 2.50. The molecule has 0 spiro atoms. The van der Waals surface area contributed by atoms with Gasteiger partial charge in [-0.25, -0.2) is 0 Å². The number of fused-ring (bicyclic) bond motifs is 2. The Morgan fingerprint density at radius 2 is 1.87 bits per heavy atom. The van der Waals surface area contributed by atoms with Crippen molar-refractivity contribution in [2.45, 2.75) is 52.1 Å². The highest BCUT2D eigenvalue weighted by Crippen LogP contribution is 2.42. The lowest BCUT2D eigenvalue weighted by molar-refractivity contribution is 0.143. The van der Waals surface area contributed by atoms with Gasteiger partial charge in [0.15, 0.2) is 0 Å². The summed E-state index contributed by atoms with van der Waals surface area (Å²) in [6.45, 7) is 10.8. The molecule has 23 heavy (non-hydrogen) atoms. The Morgan fingerprint density at radius 1 is 1.17 bits per heavy atom. The Morgan fingerprint density at radius 3 is 2.48 bits per heavy atom. The maximum Gasteiger partial charge on any atom is 0.122 e. The fourth-order valence-electron chi connectivity index (χ4n) is 3.60. The molecule has 0 aliphatic heterocycles. The Kier molecular flexibility index (Phi) is 3.76. The van der Waals surface area contributed by atoms with Crippen LogP contribution in [0.5, 0.6) is 5.75 Å². The first-order chi connectivity index (χ1) is 10.8. The van der Waals surface area contributed by atoms with Gasteiger partial charge in [-0.1, -0.05) is 39.8 Å². The van der Waals surface area contributed by atoms with Crippen LogP contribution in [0.4, 0.5) is 0 Å². The predicted molar refractivity (Wildman–Crippen MR) is 97.4 cm³/mol. The standard InChI is InChI=1S/C21H26O2/c1-12(2)16-9-14-10-18-15(7-8-20(22)21(18,4)5)13(3)17(14)11-19(16)23-6/h7-12,20,22H,1-6H3. The number of aliphatic hydroxyl groups excluding tert-OH is 1. The summed E-state index contributed by atoms with van der Waals surface area (Å²) >= 11 is 0. The zero-order chi connectivity index (χ0) is 16.9. The summed E-state index contributed by atoms with van der Waals surface area (Å²) in [5, 5.41) is 12.8. The molecule has 0 bridgehead atoms. The number of rotatable bonds is 2. The van der Waals surface area contributed by atoms with Crippen molar-refractivity contribution in [2.24, 2.45) is 0 Å². The molecule has 1 aliphatic rings. The third-order valence-electron chi connectivity index (χ3n) is 5.30. The SMILES string of the molecule is COc1cc2c(C)c3c(cc2cc1C(C)C)C(C)(C)C(O)C=C3. The maximum atomic E-state index is 10.4. The smallest absolute Gasteiger partial charge is 0.122 e. The first-order valence-corrected chi connectivity index (χ1v) is 8.29. The number of hydrogen-bond acceptors (Lipinski definition) is 2. The first kappa shape index (κ1) is 16.1. The summed E-state index contributed by atoms with van der Waals surface area (Å²) in [6, 6.07) is 6.65. The van der Waals surface area contributed by atoms with Crippen LogP contribution in [0.3, 0.4) is 0 Å². The van der Waals surface area contributed by atoms with Crippen molar-refractivity contribution in [3.8, 4) is 5.75 Å². The summed E-state index contributed by atoms with van der Waals surface area (Å²) in [7, 11) is 1.74. The molecule has 0 saturated heterocycles. The summed E-state index contributed by atoms with van der Waals surface area (Å²) < 4.78 is 5.61. The van der Waals surface area contributed by atoms with Gasteiger partial charge in [0.25, 0.3) is 0 Å². The number of aliphatic hydroxyl groups is 1. The molecule has 2 heteroatoms. The van der Waals surface area contributed by atoms with Gasteiger partial charge in [-0.3, -0.25) is 0 Å². The van der Waals surface area contributed by atoms with E-state index in [2.05, 4.69) is 58.9 Å². The Balaban J connectivity index is 2.37. The Bertz CT molecular complexity index is 797. The van der Waals surface area contributed by atoms with Crippen LogP contribution in [0.2, 0.25) is 0 Å². The van der Waals surface area contributed by atoms with Gasteiger partial charge in [-0.05, 0) is 64.1 Å². The Labute approximate surface area is 138 Å². The topological polar surface area (TPSA) is 29.5 Å². The molecule has 1 N–H and O–H groups in total. The molecule has 2 nitrogen and oxygen atoms in total. The van der Waals surface area contributed by atoms with Crippen molar-refractivity contribution in [1.29, 1.82) is 0 Å². The molecule has 1 aliphatic carbocycles. The van der Waals surface area contributed by atoms with Gasteiger partial charge in [0.05, 0.1) is 13.2 Å². The van der Waals surface area contributed by atoms with Crippen molar-refractivity contribution >= 4 is 16.8 Å². The number of benzene rings is 2. The second-order valence-electron chi connectivity index (χ2n) is 7.46. The largest absolute Gasteiger partial charge is 0.496 e. The quantitative estimate of drug-likeness (QED) is 0.851. The second kappa shape index (κ2) is 5.38. The van der Waals surface area contributed by atoms with E-state index in [1.54, 1.807) is 7.11 Å². The van der Waals surface area contributed by atoms with Gasteiger partial charge in [0, 0.05) is 5.41 Å². The minimum Gasteiger partial charge on any atom is -0.496 e. The first-order valence-electron chi connectivity index (χ1n) is 8.29. The highest BCUT2D eigenvalue weighted by Gasteiger charge is 2.33. The average molecular weight is 310 g/mol. The molecule has 3 rings (SSSR count). The van der Waals surface area contributed by atoms with Gasteiger partial charge in [-0.15, -0.1) is 0 Å². The van der Waals surface area contributed by atoms with Crippen molar-refractivity contribution < 1.29 is 9.84 Å². The predicted octanol–water partition coefficient (Wildman–Crippen LogP) is 4.95. The van der Waals surface area contributed by atoms with E-state index in [4.69, 9.17) is 4.74 Å². The monoisotopic (exact) mass is 310 g/mol. The maximum absolute atomic E-state index is 10.4. The molecule has 0 radical (unpaired) electrons. The molecule has 0 fully saturated rings. The lowest BCUT2D eigenvalue weighted by atomic mass is 9.72. The van der Waals surface area contributed by atoms with Gasteiger partial charge in [0.1, 0.15) is 5.75 Å². The van der Waals surface area contributed by atoms with Crippen LogP contribution in [0, 0.1) is 6.92 Å². The van der Waals surface area contributed by atoms with Crippen molar-refractivity contribution in [1.82, 2.24) is 0 Å². The summed E-state index contributed by atoms with van der Waals surface area (Å²) in [4.78, 5) is 0. The van der Waals surface area contributed by atoms with E-state index in [0.29, 0.717) is 5.92 Å². The van der Waals surface area contributed by atoms with Crippen LogP contribution in [-0.4, -0.2) is 18.3 Å². The number of hydrogen-bond donors (Lipinski definition) is 1. The normalized spacial score (nSPS) is 19.2. The minimum atomic E-state index is -0.449. The lowest BCUT2D eigenvalue weighted by Crippen LogP contribution is -2.35. The van der Waals surface area contributed by atoms with Gasteiger partial charge in [-0.2, -0.15) is 0 Å². The molecule has 2 aromatic carbocycles. The van der Waals surface area contributed by atoms with E-state index in [9.17, 15) is 5.11 Å². The fraction of sp³-hybridized carbons (Fsp3) is 0.429. The van der Waals surface area contributed by atoms with Gasteiger partial charge < -0.3 is 9.84 Å². The second-order valence-corrected chi connectivity index (χ2v) is 7.46. The third kappa shape index (κ3) is 2.36. The molecule has 0 amide bonds. The Hall–Kier alpha value is -1.80. The molecular formula is C21H26O2. The fourth-order valence-corrected chi connectivity index (χ4v) is 3.60. The highest BCUT2D eigenvalue weighted by atomic mass is 16.5. The van der Waals surface area contributed by atoms with Gasteiger partial charge in [0.2, 0.25) is 0 Å². The summed E-state index contributed by atoms with van der Waals surface area (Å²) in [5.41, 5.74) is 4.65. The van der Waals surface area contributed by atoms with Crippen molar-refractivity contribution in [3.63, 3.8) is 0 Å². The van der Waals surface area contributed by atoms with E-state index >= 15 is 0 Å². The molecule has 0 aromatic heterocycles. The summed E-state index contributed by atoms with van der Waals surface area (Å²) in [5.74, 6) is 1.36. The lowest BCUT2D eigenvalue weighted by Gasteiger charge is -2.35. The molecule has 1 atom stereocenters. The van der Waals surface area contributed by atoms with Crippen LogP contribution >= 0.6 is 0 Å². The van der Waals surface area contributed by atoms with E-state index < -0.39 is 6.10 Å². The van der Waals surface area contributed by atoms with Crippen LogP contribution in [0.15, 0.2) is 24.3 Å². The van der Waals surface area contributed by atoms with Crippen LogP contribution < -0.4 is 4.74 Å². The van der Waals surface area contributed by atoms with E-state index in [-0.39, 0.29) is 5.41 Å². The molecule has 1 unspecified atom stereocenters. The van der Waals surface area contributed by atoms with Crippen molar-refractivity contribution in [2.75, 3.05) is 7.11 Å². The minimum absolute atomic E-state index is 0.277. The molecule has 2 aromatic rings. The van der Waals surface area contributed by atoms with Gasteiger partial charge >= 0.3 is 0 Å². The van der Waals surface area contributed by atoms with E-state index in [1.807, 2.05) is 6.08 Å². The third-order valence-corrected chi connectivity index (χ3v) is 5.30. The van der Waals surface area contributed by atoms with Crippen LogP contribution in [0.1, 0.15) is 55.9 Å². The number of methoxy groups -OCH3 is 1. The number of ether oxygens (including phenoxy) is 1. The summed E-state index contributed by atoms with van der Waals surface area (Å²) in [6.07, 6.45) is 3.51. The van der Waals surface area contributed by atoms with E-state index in [1.165, 1.54) is 33.0 Å². The molecule has 122 valence electrons. The van der Waals surface area contributed by atoms with Crippen LogP contribution in [0.25, 0.3) is 16.8 Å². The zero-order valence-electron chi connectivity index (χ0n) is 14.9. The van der Waals surface area contributed by atoms with Crippen LogP contribution in [-0.2, 0) is 5.41 Å². The van der Waals surface area contributed by atoms with Crippen molar-refractivity contribution in [3.05, 3.63) is 46.5 Å². The zero-order valence-corrected chi connectivity index (χ0v) is 14.9. The molecule has 0 saturated carbocycles. The molecule has 0 heterocycles.